The molecule has 3 heterocycles. The van der Waals surface area contributed by atoms with Gasteiger partial charge in [0.05, 0.1) is 13.2 Å². The van der Waals surface area contributed by atoms with Crippen molar-refractivity contribution in [2.24, 2.45) is 0 Å². The van der Waals surface area contributed by atoms with Crippen molar-refractivity contribution in [3.8, 4) is 5.88 Å². The maximum absolute atomic E-state index is 12.6. The third-order valence-electron chi connectivity index (χ3n) is 4.35. The smallest absolute Gasteiger partial charge is 0.274 e. The van der Waals surface area contributed by atoms with Gasteiger partial charge < -0.3 is 14.5 Å². The molecule has 3 rings (SSSR count). The van der Waals surface area contributed by atoms with Gasteiger partial charge in [-0.1, -0.05) is 0 Å². The highest BCUT2D eigenvalue weighted by Gasteiger charge is 2.31. The fraction of sp³-hybridized carbons (Fsp3) is 0.500. The molecular formula is C16H22N6O2. The van der Waals surface area contributed by atoms with Crippen molar-refractivity contribution in [3.63, 3.8) is 0 Å². The third kappa shape index (κ3) is 3.04. The van der Waals surface area contributed by atoms with Gasteiger partial charge in [0.25, 0.3) is 11.8 Å². The summed E-state index contributed by atoms with van der Waals surface area (Å²) in [6, 6.07) is 1.87. The van der Waals surface area contributed by atoms with Gasteiger partial charge in [0.2, 0.25) is 0 Å². The molecule has 8 heteroatoms. The van der Waals surface area contributed by atoms with Crippen molar-refractivity contribution in [1.29, 1.82) is 0 Å². The van der Waals surface area contributed by atoms with Crippen LogP contribution in [0.3, 0.4) is 0 Å². The standard InChI is InChI=1S/C16H22N6O2/c1-4-22-10-6-13(19-22)16(23)20(2)12-5-9-21(11-12)14-15(24-3)18-8-7-17-14/h6-8,10,12H,4-5,9,11H2,1-3H3/t12-/m1/s1. The van der Waals surface area contributed by atoms with Crippen LogP contribution >= 0.6 is 0 Å². The number of anilines is 1. The number of hydrogen-bond acceptors (Lipinski definition) is 6. The normalized spacial score (nSPS) is 17.1. The van der Waals surface area contributed by atoms with Gasteiger partial charge >= 0.3 is 0 Å². The Kier molecular flexibility index (Phi) is 4.64. The summed E-state index contributed by atoms with van der Waals surface area (Å²) in [7, 11) is 3.41. The first-order chi connectivity index (χ1) is 11.6. The number of carbonyl (C=O) groups is 1. The Labute approximate surface area is 141 Å². The maximum atomic E-state index is 12.6. The van der Waals surface area contributed by atoms with Crippen LogP contribution in [0.5, 0.6) is 5.88 Å². The Hall–Kier alpha value is -2.64. The van der Waals surface area contributed by atoms with E-state index in [1.807, 2.05) is 20.2 Å². The number of ether oxygens (including phenoxy) is 1. The number of methoxy groups -OCH3 is 1. The van der Waals surface area contributed by atoms with Crippen molar-refractivity contribution in [1.82, 2.24) is 24.6 Å². The topological polar surface area (TPSA) is 76.4 Å². The first-order valence-corrected chi connectivity index (χ1v) is 8.04. The average molecular weight is 330 g/mol. The predicted octanol–water partition coefficient (Wildman–Crippen LogP) is 1.05. The zero-order chi connectivity index (χ0) is 17.1. The molecule has 0 unspecified atom stereocenters. The second-order valence-corrected chi connectivity index (χ2v) is 5.75. The molecule has 1 atom stereocenters. The van der Waals surface area contributed by atoms with E-state index in [1.54, 1.807) is 35.2 Å². The lowest BCUT2D eigenvalue weighted by atomic mass is 10.2. The number of likely N-dealkylation sites (N-methyl/N-ethyl adjacent to an activating group) is 1. The Bertz CT molecular complexity index is 716. The van der Waals surface area contributed by atoms with Gasteiger partial charge in [-0.2, -0.15) is 5.10 Å². The maximum Gasteiger partial charge on any atom is 0.274 e. The van der Waals surface area contributed by atoms with E-state index >= 15 is 0 Å². The summed E-state index contributed by atoms with van der Waals surface area (Å²) in [5.41, 5.74) is 0.481. The molecule has 0 spiro atoms. The van der Waals surface area contributed by atoms with E-state index in [2.05, 4.69) is 20.0 Å². The Balaban J connectivity index is 1.69. The van der Waals surface area contributed by atoms with E-state index in [0.717, 1.165) is 25.3 Å². The minimum Gasteiger partial charge on any atom is -0.478 e. The SMILES string of the molecule is CCn1ccc(C(=O)N(C)[C@@H]2CCN(c3nccnc3OC)C2)n1. The molecule has 1 aliphatic rings. The number of amides is 1. The van der Waals surface area contributed by atoms with Crippen LogP contribution in [-0.4, -0.2) is 63.8 Å². The van der Waals surface area contributed by atoms with Crippen LogP contribution in [0.25, 0.3) is 0 Å². The fourth-order valence-corrected chi connectivity index (χ4v) is 2.93. The highest BCUT2D eigenvalue weighted by Crippen LogP contribution is 2.27. The molecule has 0 aromatic carbocycles. The van der Waals surface area contributed by atoms with Gasteiger partial charge in [-0.15, -0.1) is 0 Å². The van der Waals surface area contributed by atoms with Crippen molar-refractivity contribution in [2.45, 2.75) is 25.9 Å². The largest absolute Gasteiger partial charge is 0.478 e. The van der Waals surface area contributed by atoms with Crippen molar-refractivity contribution in [2.75, 3.05) is 32.1 Å². The van der Waals surface area contributed by atoms with E-state index in [0.29, 0.717) is 18.1 Å². The lowest BCUT2D eigenvalue weighted by Crippen LogP contribution is -2.39. The highest BCUT2D eigenvalue weighted by molar-refractivity contribution is 5.92. The van der Waals surface area contributed by atoms with Crippen molar-refractivity contribution in [3.05, 3.63) is 30.4 Å². The first kappa shape index (κ1) is 16.2. The summed E-state index contributed by atoms with van der Waals surface area (Å²) < 4.78 is 7.03. The van der Waals surface area contributed by atoms with Gasteiger partial charge in [0, 0.05) is 45.3 Å². The molecule has 1 amide bonds. The molecule has 0 N–H and O–H groups in total. The average Bonchev–Trinajstić information content (AvgIpc) is 3.29. The van der Waals surface area contributed by atoms with Crippen molar-refractivity contribution >= 4 is 11.7 Å². The highest BCUT2D eigenvalue weighted by atomic mass is 16.5. The van der Waals surface area contributed by atoms with E-state index < -0.39 is 0 Å². The zero-order valence-corrected chi connectivity index (χ0v) is 14.2. The molecule has 1 fully saturated rings. The summed E-state index contributed by atoms with van der Waals surface area (Å²) in [6.07, 6.45) is 5.95. The van der Waals surface area contributed by atoms with Crippen LogP contribution in [0.15, 0.2) is 24.7 Å². The number of nitrogens with zero attached hydrogens (tertiary/aromatic N) is 6. The van der Waals surface area contributed by atoms with E-state index in [9.17, 15) is 4.79 Å². The molecule has 1 aliphatic heterocycles. The number of hydrogen-bond donors (Lipinski definition) is 0. The lowest BCUT2D eigenvalue weighted by Gasteiger charge is -2.24. The summed E-state index contributed by atoms with van der Waals surface area (Å²) in [5.74, 6) is 1.17. The predicted molar refractivity (Wildman–Crippen MR) is 89.2 cm³/mol. The zero-order valence-electron chi connectivity index (χ0n) is 14.2. The Morgan fingerprint density at radius 3 is 2.92 bits per heavy atom. The monoisotopic (exact) mass is 330 g/mol. The van der Waals surface area contributed by atoms with Gasteiger partial charge in [0.15, 0.2) is 5.82 Å². The van der Waals surface area contributed by atoms with Crippen molar-refractivity contribution < 1.29 is 9.53 Å². The van der Waals surface area contributed by atoms with E-state index in [-0.39, 0.29) is 11.9 Å². The van der Waals surface area contributed by atoms with Gasteiger partial charge in [0.1, 0.15) is 5.69 Å². The second-order valence-electron chi connectivity index (χ2n) is 5.75. The number of rotatable bonds is 5. The molecule has 2 aromatic rings. The molecule has 1 saturated heterocycles. The number of carbonyl (C=O) groups excluding carboxylic acids is 1. The Morgan fingerprint density at radius 2 is 2.21 bits per heavy atom. The second kappa shape index (κ2) is 6.86. The molecular weight excluding hydrogens is 308 g/mol. The molecule has 128 valence electrons. The molecule has 8 nitrogen and oxygen atoms in total. The minimum absolute atomic E-state index is 0.0554. The molecule has 0 saturated carbocycles. The van der Waals surface area contributed by atoms with Gasteiger partial charge in [-0.25, -0.2) is 9.97 Å². The number of aryl methyl sites for hydroxylation is 1. The molecule has 0 bridgehead atoms. The first-order valence-electron chi connectivity index (χ1n) is 8.04. The van der Waals surface area contributed by atoms with Crippen LogP contribution in [0.2, 0.25) is 0 Å². The molecule has 0 aliphatic carbocycles. The summed E-state index contributed by atoms with van der Waals surface area (Å²) >= 11 is 0. The number of aromatic nitrogens is 4. The van der Waals surface area contributed by atoms with Crippen LogP contribution in [-0.2, 0) is 6.54 Å². The minimum atomic E-state index is -0.0554. The molecule has 0 radical (unpaired) electrons. The summed E-state index contributed by atoms with van der Waals surface area (Å²) in [5, 5.41) is 4.30. The van der Waals surface area contributed by atoms with Gasteiger partial charge in [-0.3, -0.25) is 9.48 Å². The molecule has 24 heavy (non-hydrogen) atoms. The third-order valence-corrected chi connectivity index (χ3v) is 4.35. The van der Waals surface area contributed by atoms with Crippen LogP contribution in [0.4, 0.5) is 5.82 Å². The quantitative estimate of drug-likeness (QED) is 0.816. The molecule has 2 aromatic heterocycles. The fourth-order valence-electron chi connectivity index (χ4n) is 2.93. The summed E-state index contributed by atoms with van der Waals surface area (Å²) in [4.78, 5) is 25.0. The summed E-state index contributed by atoms with van der Waals surface area (Å²) in [6.45, 7) is 4.25. The lowest BCUT2D eigenvalue weighted by molar-refractivity contribution is 0.0738. The van der Waals surface area contributed by atoms with Crippen LogP contribution < -0.4 is 9.64 Å². The van der Waals surface area contributed by atoms with Crippen LogP contribution in [0, 0.1) is 0 Å². The Morgan fingerprint density at radius 1 is 1.42 bits per heavy atom. The van der Waals surface area contributed by atoms with E-state index in [4.69, 9.17) is 4.74 Å². The van der Waals surface area contributed by atoms with Crippen LogP contribution in [0.1, 0.15) is 23.8 Å². The van der Waals surface area contributed by atoms with Gasteiger partial charge in [-0.05, 0) is 19.4 Å². The van der Waals surface area contributed by atoms with E-state index in [1.165, 1.54) is 0 Å².